The van der Waals surface area contributed by atoms with E-state index < -0.39 is 0 Å². The Morgan fingerprint density at radius 1 is 1.33 bits per heavy atom. The van der Waals surface area contributed by atoms with Crippen LogP contribution in [0.15, 0.2) is 30.3 Å². The van der Waals surface area contributed by atoms with Crippen molar-refractivity contribution in [2.75, 3.05) is 24.7 Å². The van der Waals surface area contributed by atoms with Crippen molar-refractivity contribution in [2.45, 2.75) is 31.9 Å². The van der Waals surface area contributed by atoms with Crippen molar-refractivity contribution in [1.29, 1.82) is 0 Å². The molecule has 2 rings (SSSR count). The van der Waals surface area contributed by atoms with Gasteiger partial charge in [-0.15, -0.1) is 0 Å². The summed E-state index contributed by atoms with van der Waals surface area (Å²) < 4.78 is 5.43. The largest absolute Gasteiger partial charge is 0.445 e. The van der Waals surface area contributed by atoms with Crippen molar-refractivity contribution in [3.63, 3.8) is 0 Å². The molecule has 0 aliphatic carbocycles. The van der Waals surface area contributed by atoms with Crippen LogP contribution in [0.5, 0.6) is 0 Å². The number of benzene rings is 1. The van der Waals surface area contributed by atoms with E-state index in [-0.39, 0.29) is 18.7 Å². The summed E-state index contributed by atoms with van der Waals surface area (Å²) in [6.45, 7) is 1.29. The van der Waals surface area contributed by atoms with Crippen LogP contribution in [-0.2, 0) is 11.3 Å². The maximum Gasteiger partial charge on any atom is 0.410 e. The summed E-state index contributed by atoms with van der Waals surface area (Å²) in [4.78, 5) is 14.1. The number of amides is 1. The maximum atomic E-state index is 12.3. The number of hydrogen-bond acceptors (Lipinski definition) is 4. The molecule has 0 saturated carbocycles. The number of thioether (sulfide) groups is 1. The first-order valence-electron chi connectivity index (χ1n) is 7.47. The molecule has 116 valence electrons. The first-order chi connectivity index (χ1) is 10.3. The third-order valence-corrected chi connectivity index (χ3v) is 4.70. The number of carbonyl (C=O) groups excluding carboxylic acids is 1. The molecule has 21 heavy (non-hydrogen) atoms. The van der Waals surface area contributed by atoms with Crippen molar-refractivity contribution in [3.05, 3.63) is 35.9 Å². The topological polar surface area (TPSA) is 49.8 Å². The number of hydrogen-bond donors (Lipinski definition) is 1. The molecule has 1 unspecified atom stereocenters. The van der Waals surface area contributed by atoms with Crippen molar-refractivity contribution in [1.82, 2.24) is 4.90 Å². The van der Waals surface area contributed by atoms with E-state index in [1.54, 1.807) is 11.8 Å². The van der Waals surface area contributed by atoms with Gasteiger partial charge in [0, 0.05) is 24.1 Å². The van der Waals surface area contributed by atoms with Gasteiger partial charge in [0.1, 0.15) is 6.61 Å². The summed E-state index contributed by atoms with van der Waals surface area (Å²) >= 11 is 1.70. The molecule has 1 fully saturated rings. The molecule has 1 aliphatic rings. The lowest BCUT2D eigenvalue weighted by atomic mass is 10.0. The van der Waals surface area contributed by atoms with Crippen molar-refractivity contribution in [2.24, 2.45) is 0 Å². The maximum absolute atomic E-state index is 12.3. The van der Waals surface area contributed by atoms with Gasteiger partial charge in [0.05, 0.1) is 6.61 Å². The molecule has 0 spiro atoms. The Bertz CT molecular complexity index is 427. The fourth-order valence-electron chi connectivity index (χ4n) is 2.50. The van der Waals surface area contributed by atoms with Gasteiger partial charge in [-0.1, -0.05) is 30.3 Å². The molecule has 0 bridgehead atoms. The van der Waals surface area contributed by atoms with Crippen molar-refractivity contribution in [3.8, 4) is 0 Å². The zero-order chi connectivity index (χ0) is 14.9. The number of rotatable bonds is 6. The van der Waals surface area contributed by atoms with Gasteiger partial charge in [-0.3, -0.25) is 0 Å². The summed E-state index contributed by atoms with van der Waals surface area (Å²) in [6, 6.07) is 9.98. The van der Waals surface area contributed by atoms with Gasteiger partial charge in [0.2, 0.25) is 0 Å². The van der Waals surface area contributed by atoms with Crippen LogP contribution in [0, 0.1) is 0 Å². The number of likely N-dealkylation sites (tertiary alicyclic amines) is 1. The van der Waals surface area contributed by atoms with Crippen molar-refractivity contribution < 1.29 is 14.6 Å². The molecule has 1 aromatic rings. The van der Waals surface area contributed by atoms with Crippen LogP contribution in [0.2, 0.25) is 0 Å². The van der Waals surface area contributed by atoms with E-state index in [9.17, 15) is 4.79 Å². The minimum Gasteiger partial charge on any atom is -0.445 e. The summed E-state index contributed by atoms with van der Waals surface area (Å²) in [6.07, 6.45) is 3.01. The SMILES string of the molecule is O=C(OCc1ccccc1)N1CCCCC1CSCCO. The van der Waals surface area contributed by atoms with E-state index in [0.29, 0.717) is 6.61 Å². The molecule has 1 N–H and O–H groups in total. The second kappa shape index (κ2) is 8.95. The van der Waals surface area contributed by atoms with Crippen LogP contribution in [-0.4, -0.2) is 46.8 Å². The van der Waals surface area contributed by atoms with E-state index in [0.717, 1.165) is 42.9 Å². The first kappa shape index (κ1) is 16.2. The van der Waals surface area contributed by atoms with Crippen LogP contribution in [0.1, 0.15) is 24.8 Å². The summed E-state index contributed by atoms with van der Waals surface area (Å²) in [5.74, 6) is 1.60. The molecule has 0 radical (unpaired) electrons. The molecule has 1 atom stereocenters. The van der Waals surface area contributed by atoms with Gasteiger partial charge in [0.15, 0.2) is 0 Å². The number of carbonyl (C=O) groups is 1. The smallest absolute Gasteiger partial charge is 0.410 e. The Morgan fingerprint density at radius 2 is 2.14 bits per heavy atom. The average molecular weight is 309 g/mol. The van der Waals surface area contributed by atoms with E-state index in [1.807, 2.05) is 35.2 Å². The summed E-state index contributed by atoms with van der Waals surface area (Å²) in [5, 5.41) is 8.86. The predicted octanol–water partition coefficient (Wildman–Crippen LogP) is 2.90. The van der Waals surface area contributed by atoms with Crippen LogP contribution < -0.4 is 0 Å². The molecule has 1 aliphatic heterocycles. The molecule has 4 nitrogen and oxygen atoms in total. The molecule has 1 saturated heterocycles. The second-order valence-electron chi connectivity index (χ2n) is 5.18. The van der Waals surface area contributed by atoms with Gasteiger partial charge in [-0.25, -0.2) is 4.79 Å². The monoisotopic (exact) mass is 309 g/mol. The molecule has 5 heteroatoms. The zero-order valence-corrected chi connectivity index (χ0v) is 13.1. The van der Waals surface area contributed by atoms with Gasteiger partial charge >= 0.3 is 6.09 Å². The van der Waals surface area contributed by atoms with E-state index in [1.165, 1.54) is 0 Å². The van der Waals surface area contributed by atoms with Crippen LogP contribution in [0.3, 0.4) is 0 Å². The minimum atomic E-state index is -0.215. The molecule has 1 aromatic carbocycles. The van der Waals surface area contributed by atoms with Crippen LogP contribution in [0.25, 0.3) is 0 Å². The lowest BCUT2D eigenvalue weighted by Gasteiger charge is -2.34. The Balaban J connectivity index is 1.83. The molecule has 0 aromatic heterocycles. The third kappa shape index (κ3) is 5.25. The number of nitrogens with zero attached hydrogens (tertiary/aromatic N) is 1. The van der Waals surface area contributed by atoms with E-state index in [4.69, 9.17) is 9.84 Å². The minimum absolute atomic E-state index is 0.190. The predicted molar refractivity (Wildman–Crippen MR) is 85.4 cm³/mol. The lowest BCUT2D eigenvalue weighted by Crippen LogP contribution is -2.45. The standard InChI is InChI=1S/C16H23NO3S/c18-10-11-21-13-15-8-4-5-9-17(15)16(19)20-12-14-6-2-1-3-7-14/h1-3,6-7,15,18H,4-5,8-13H2. The Kier molecular flexibility index (Phi) is 6.89. The first-order valence-corrected chi connectivity index (χ1v) is 8.62. The molecule has 1 amide bonds. The van der Waals surface area contributed by atoms with Gasteiger partial charge in [-0.05, 0) is 24.8 Å². The van der Waals surface area contributed by atoms with Gasteiger partial charge in [-0.2, -0.15) is 11.8 Å². The molecular formula is C16H23NO3S. The summed E-state index contributed by atoms with van der Waals surface area (Å²) in [7, 11) is 0. The van der Waals surface area contributed by atoms with Gasteiger partial charge in [0.25, 0.3) is 0 Å². The van der Waals surface area contributed by atoms with E-state index in [2.05, 4.69) is 0 Å². The highest BCUT2D eigenvalue weighted by molar-refractivity contribution is 7.99. The van der Waals surface area contributed by atoms with Crippen molar-refractivity contribution >= 4 is 17.9 Å². The number of piperidine rings is 1. The Labute approximate surface area is 130 Å². The highest BCUT2D eigenvalue weighted by Gasteiger charge is 2.27. The third-order valence-electron chi connectivity index (χ3n) is 3.61. The summed E-state index contributed by atoms with van der Waals surface area (Å²) in [5.41, 5.74) is 1.01. The second-order valence-corrected chi connectivity index (χ2v) is 6.33. The fraction of sp³-hybridized carbons (Fsp3) is 0.562. The van der Waals surface area contributed by atoms with Crippen LogP contribution in [0.4, 0.5) is 4.79 Å². The normalized spacial score (nSPS) is 18.5. The fourth-order valence-corrected chi connectivity index (χ4v) is 3.41. The van der Waals surface area contributed by atoms with Gasteiger partial charge < -0.3 is 14.7 Å². The van der Waals surface area contributed by atoms with E-state index >= 15 is 0 Å². The highest BCUT2D eigenvalue weighted by Crippen LogP contribution is 2.21. The molecule has 1 heterocycles. The zero-order valence-electron chi connectivity index (χ0n) is 12.2. The molecular weight excluding hydrogens is 286 g/mol. The lowest BCUT2D eigenvalue weighted by molar-refractivity contribution is 0.0731. The quantitative estimate of drug-likeness (QED) is 0.821. The highest BCUT2D eigenvalue weighted by atomic mass is 32.2. The number of aliphatic hydroxyl groups is 1. The van der Waals surface area contributed by atoms with Crippen LogP contribution >= 0.6 is 11.8 Å². The number of ether oxygens (including phenoxy) is 1. The Morgan fingerprint density at radius 3 is 2.90 bits per heavy atom. The number of aliphatic hydroxyl groups excluding tert-OH is 1. The Hall–Kier alpha value is -1.20. The average Bonchev–Trinajstić information content (AvgIpc) is 2.54.